The Hall–Kier alpha value is -3.16. The fourth-order valence-electron chi connectivity index (χ4n) is 2.66. The van der Waals surface area contributed by atoms with Gasteiger partial charge in [-0.15, -0.1) is 5.10 Å². The fraction of sp³-hybridized carbons (Fsp3) is 0.250. The summed E-state index contributed by atoms with van der Waals surface area (Å²) in [5.41, 5.74) is 6.13. The highest BCUT2D eigenvalue weighted by Crippen LogP contribution is 2.16. The van der Waals surface area contributed by atoms with E-state index in [0.29, 0.717) is 37.4 Å². The first-order valence-corrected chi connectivity index (χ1v) is 7.62. The van der Waals surface area contributed by atoms with Gasteiger partial charge in [0.25, 0.3) is 5.91 Å². The first-order chi connectivity index (χ1) is 11.6. The molecule has 0 bridgehead atoms. The van der Waals surface area contributed by atoms with Gasteiger partial charge in [0, 0.05) is 43.6 Å². The first kappa shape index (κ1) is 15.7. The summed E-state index contributed by atoms with van der Waals surface area (Å²) in [4.78, 5) is 27.4. The molecule has 2 heterocycles. The molecule has 0 saturated carbocycles. The maximum absolute atomic E-state index is 12.6. The van der Waals surface area contributed by atoms with Crippen molar-refractivity contribution in [3.8, 4) is 0 Å². The zero-order chi connectivity index (χ0) is 16.9. The summed E-state index contributed by atoms with van der Waals surface area (Å²) in [6.07, 6.45) is 1.64. The second-order valence-electron chi connectivity index (χ2n) is 5.43. The number of aromatic nitrogens is 2. The Bertz CT molecular complexity index is 728. The molecule has 0 aliphatic carbocycles. The molecular weight excluding hydrogens is 308 g/mol. The number of hydrogen-bond donors (Lipinski definition) is 2. The van der Waals surface area contributed by atoms with E-state index in [1.165, 1.54) is 0 Å². The van der Waals surface area contributed by atoms with Crippen LogP contribution in [0.15, 0.2) is 42.6 Å². The third-order valence-corrected chi connectivity index (χ3v) is 3.83. The summed E-state index contributed by atoms with van der Waals surface area (Å²) >= 11 is 0. The van der Waals surface area contributed by atoms with E-state index in [-0.39, 0.29) is 5.91 Å². The van der Waals surface area contributed by atoms with Crippen molar-refractivity contribution in [1.29, 1.82) is 0 Å². The zero-order valence-corrected chi connectivity index (χ0v) is 13.1. The zero-order valence-electron chi connectivity index (χ0n) is 13.1. The van der Waals surface area contributed by atoms with Gasteiger partial charge in [0.2, 0.25) is 0 Å². The van der Waals surface area contributed by atoms with Crippen molar-refractivity contribution in [2.75, 3.05) is 36.4 Å². The van der Waals surface area contributed by atoms with Crippen molar-refractivity contribution in [3.63, 3.8) is 0 Å². The van der Waals surface area contributed by atoms with Gasteiger partial charge in [-0.3, -0.25) is 4.79 Å². The number of rotatable bonds is 3. The minimum Gasteiger partial charge on any atom is -0.352 e. The summed E-state index contributed by atoms with van der Waals surface area (Å²) in [5, 5.41) is 10.4. The largest absolute Gasteiger partial charge is 0.352 e. The fourth-order valence-corrected chi connectivity index (χ4v) is 2.66. The maximum Gasteiger partial charge on any atom is 0.316 e. The van der Waals surface area contributed by atoms with Crippen LogP contribution in [0.2, 0.25) is 0 Å². The lowest BCUT2D eigenvalue weighted by atomic mass is 10.1. The summed E-state index contributed by atoms with van der Waals surface area (Å²) < 4.78 is 0. The number of urea groups is 1. The first-order valence-electron chi connectivity index (χ1n) is 7.62. The molecular formula is C16H18N6O2. The van der Waals surface area contributed by atoms with Crippen LogP contribution in [-0.4, -0.2) is 53.2 Å². The Balaban J connectivity index is 1.64. The predicted molar refractivity (Wildman–Crippen MR) is 89.8 cm³/mol. The smallest absolute Gasteiger partial charge is 0.316 e. The highest BCUT2D eigenvalue weighted by Gasteiger charge is 2.23. The number of piperazine rings is 1. The van der Waals surface area contributed by atoms with E-state index in [0.717, 1.165) is 5.82 Å². The SMILES string of the molecule is NC(=O)Nc1cccc(C(=O)N2CCN(c3cccnn3)CC2)c1. The lowest BCUT2D eigenvalue weighted by molar-refractivity contribution is 0.0746. The van der Waals surface area contributed by atoms with E-state index in [2.05, 4.69) is 20.4 Å². The molecule has 3 amide bonds. The molecule has 1 saturated heterocycles. The minimum absolute atomic E-state index is 0.0677. The molecule has 0 radical (unpaired) electrons. The van der Waals surface area contributed by atoms with Crippen molar-refractivity contribution in [1.82, 2.24) is 15.1 Å². The van der Waals surface area contributed by atoms with E-state index in [4.69, 9.17) is 5.73 Å². The molecule has 8 heteroatoms. The molecule has 8 nitrogen and oxygen atoms in total. The van der Waals surface area contributed by atoms with Gasteiger partial charge in [-0.2, -0.15) is 5.10 Å². The summed E-state index contributed by atoms with van der Waals surface area (Å²) in [6.45, 7) is 2.60. The topological polar surface area (TPSA) is 104 Å². The highest BCUT2D eigenvalue weighted by atomic mass is 16.2. The molecule has 24 heavy (non-hydrogen) atoms. The van der Waals surface area contributed by atoms with E-state index in [1.54, 1.807) is 35.4 Å². The minimum atomic E-state index is -0.655. The maximum atomic E-state index is 12.6. The molecule has 1 aromatic heterocycles. The lowest BCUT2D eigenvalue weighted by Gasteiger charge is -2.35. The number of nitrogens with one attached hydrogen (secondary N) is 1. The number of nitrogens with two attached hydrogens (primary N) is 1. The second kappa shape index (κ2) is 6.95. The van der Waals surface area contributed by atoms with Crippen LogP contribution in [0.4, 0.5) is 16.3 Å². The van der Waals surface area contributed by atoms with Gasteiger partial charge in [-0.1, -0.05) is 6.07 Å². The number of nitrogens with zero attached hydrogens (tertiary/aromatic N) is 4. The van der Waals surface area contributed by atoms with Crippen molar-refractivity contribution >= 4 is 23.4 Å². The van der Waals surface area contributed by atoms with Crippen LogP contribution in [0.25, 0.3) is 0 Å². The second-order valence-corrected chi connectivity index (χ2v) is 5.43. The van der Waals surface area contributed by atoms with E-state index >= 15 is 0 Å². The van der Waals surface area contributed by atoms with Crippen LogP contribution < -0.4 is 16.0 Å². The van der Waals surface area contributed by atoms with Crippen LogP contribution in [0.5, 0.6) is 0 Å². The average molecular weight is 326 g/mol. The third-order valence-electron chi connectivity index (χ3n) is 3.83. The van der Waals surface area contributed by atoms with Crippen molar-refractivity contribution < 1.29 is 9.59 Å². The van der Waals surface area contributed by atoms with Gasteiger partial charge in [0.05, 0.1) is 0 Å². The Morgan fingerprint density at radius 2 is 1.88 bits per heavy atom. The predicted octanol–water partition coefficient (Wildman–Crippen LogP) is 0.930. The van der Waals surface area contributed by atoms with Gasteiger partial charge in [-0.05, 0) is 30.3 Å². The molecule has 2 aromatic rings. The van der Waals surface area contributed by atoms with Gasteiger partial charge < -0.3 is 20.9 Å². The molecule has 3 rings (SSSR count). The molecule has 1 aliphatic rings. The highest BCUT2D eigenvalue weighted by molar-refractivity contribution is 5.96. The summed E-state index contributed by atoms with van der Waals surface area (Å²) in [5.74, 6) is 0.749. The van der Waals surface area contributed by atoms with Crippen molar-refractivity contribution in [2.45, 2.75) is 0 Å². The molecule has 1 aliphatic heterocycles. The Labute approximate surface area is 139 Å². The van der Waals surface area contributed by atoms with Crippen LogP contribution in [0.1, 0.15) is 10.4 Å². The number of amides is 3. The van der Waals surface area contributed by atoms with Gasteiger partial charge in [-0.25, -0.2) is 4.79 Å². The van der Waals surface area contributed by atoms with Crippen molar-refractivity contribution in [2.24, 2.45) is 5.73 Å². The monoisotopic (exact) mass is 326 g/mol. The third kappa shape index (κ3) is 3.60. The standard InChI is InChI=1S/C16H18N6O2/c17-16(24)19-13-4-1-3-12(11-13)15(23)22-9-7-21(8-10-22)14-5-2-6-18-20-14/h1-6,11H,7-10H2,(H3,17,19,24). The summed E-state index contributed by atoms with van der Waals surface area (Å²) in [6, 6.07) is 9.85. The molecule has 0 unspecified atom stereocenters. The van der Waals surface area contributed by atoms with Crippen molar-refractivity contribution in [3.05, 3.63) is 48.2 Å². The number of carbonyl (C=O) groups excluding carboxylic acids is 2. The molecule has 1 fully saturated rings. The van der Waals surface area contributed by atoms with E-state index < -0.39 is 6.03 Å². The molecule has 1 aromatic carbocycles. The summed E-state index contributed by atoms with van der Waals surface area (Å²) in [7, 11) is 0. The quantitative estimate of drug-likeness (QED) is 0.873. The Morgan fingerprint density at radius 1 is 1.08 bits per heavy atom. The lowest BCUT2D eigenvalue weighted by Crippen LogP contribution is -2.49. The van der Waals surface area contributed by atoms with Crippen LogP contribution in [0.3, 0.4) is 0 Å². The Morgan fingerprint density at radius 3 is 2.54 bits per heavy atom. The average Bonchev–Trinajstić information content (AvgIpc) is 2.62. The van der Waals surface area contributed by atoms with Crippen LogP contribution in [0, 0.1) is 0 Å². The van der Waals surface area contributed by atoms with Gasteiger partial charge in [0.1, 0.15) is 0 Å². The number of primary amides is 1. The van der Waals surface area contributed by atoms with E-state index in [9.17, 15) is 9.59 Å². The van der Waals surface area contributed by atoms with E-state index in [1.807, 2.05) is 12.1 Å². The number of carbonyl (C=O) groups is 2. The number of hydrogen-bond acceptors (Lipinski definition) is 5. The van der Waals surface area contributed by atoms with Gasteiger partial charge >= 0.3 is 6.03 Å². The number of benzene rings is 1. The van der Waals surface area contributed by atoms with Gasteiger partial charge in [0.15, 0.2) is 5.82 Å². The molecule has 0 atom stereocenters. The Kier molecular flexibility index (Phi) is 4.55. The van der Waals surface area contributed by atoms with Crippen LogP contribution in [-0.2, 0) is 0 Å². The van der Waals surface area contributed by atoms with Crippen LogP contribution >= 0.6 is 0 Å². The molecule has 3 N–H and O–H groups in total. The molecule has 124 valence electrons. The number of anilines is 2. The molecule has 0 spiro atoms. The normalized spacial score (nSPS) is 14.3.